The Kier molecular flexibility index (Phi) is 3.04. The molecule has 0 aliphatic heterocycles. The zero-order valence-corrected chi connectivity index (χ0v) is 7.61. The molecule has 0 fully saturated rings. The number of nitrogens with zero attached hydrogens (tertiary/aromatic N) is 1. The Balaban J connectivity index is 2.88. The zero-order chi connectivity index (χ0) is 8.97. The van der Waals surface area contributed by atoms with Crippen molar-refractivity contribution in [3.05, 3.63) is 23.9 Å². The molecule has 0 aromatic carbocycles. The number of carboxylic acid groups (broad SMARTS) is 1. The van der Waals surface area contributed by atoms with Gasteiger partial charge in [-0.1, -0.05) is 6.07 Å². The van der Waals surface area contributed by atoms with E-state index in [4.69, 9.17) is 9.84 Å². The Bertz CT molecular complexity index is 290. The van der Waals surface area contributed by atoms with Gasteiger partial charge in [-0.05, 0) is 22.0 Å². The summed E-state index contributed by atoms with van der Waals surface area (Å²) in [7, 11) is 0. The van der Waals surface area contributed by atoms with Crippen LogP contribution in [0, 0.1) is 0 Å². The summed E-state index contributed by atoms with van der Waals surface area (Å²) < 4.78 is 4.94. The van der Waals surface area contributed by atoms with E-state index >= 15 is 0 Å². The normalized spacial score (nSPS) is 9.42. The minimum absolute atomic E-state index is 0.0200. The number of ether oxygens (including phenoxy) is 1. The van der Waals surface area contributed by atoms with Crippen LogP contribution in [0.25, 0.3) is 0 Å². The van der Waals surface area contributed by atoms with Crippen molar-refractivity contribution in [2.75, 3.05) is 5.52 Å². The van der Waals surface area contributed by atoms with Gasteiger partial charge in [-0.15, -0.1) is 0 Å². The Labute approximate surface area is 77.3 Å². The summed E-state index contributed by atoms with van der Waals surface area (Å²) in [6.45, 7) is 0. The highest BCUT2D eigenvalue weighted by molar-refractivity contribution is 9.09. The Morgan fingerprint density at radius 3 is 3.00 bits per heavy atom. The molecule has 1 rings (SSSR count). The summed E-state index contributed by atoms with van der Waals surface area (Å²) in [4.78, 5) is 14.1. The maximum Gasteiger partial charge on any atom is 0.354 e. The predicted molar refractivity (Wildman–Crippen MR) is 45.6 cm³/mol. The molecule has 0 saturated carbocycles. The van der Waals surface area contributed by atoms with Crippen molar-refractivity contribution in [3.63, 3.8) is 0 Å². The van der Waals surface area contributed by atoms with Crippen molar-refractivity contribution in [1.29, 1.82) is 0 Å². The van der Waals surface area contributed by atoms with Gasteiger partial charge in [0.25, 0.3) is 0 Å². The van der Waals surface area contributed by atoms with Crippen LogP contribution in [0.4, 0.5) is 0 Å². The van der Waals surface area contributed by atoms with Crippen molar-refractivity contribution in [2.45, 2.75) is 0 Å². The minimum atomic E-state index is -1.06. The summed E-state index contributed by atoms with van der Waals surface area (Å²) in [5, 5.41) is 8.55. The van der Waals surface area contributed by atoms with E-state index in [-0.39, 0.29) is 5.69 Å². The molecule has 0 spiro atoms. The first-order chi connectivity index (χ1) is 5.74. The zero-order valence-electron chi connectivity index (χ0n) is 6.03. The Morgan fingerprint density at radius 2 is 2.42 bits per heavy atom. The summed E-state index contributed by atoms with van der Waals surface area (Å²) in [6.07, 6.45) is 0. The maximum absolute atomic E-state index is 10.4. The monoisotopic (exact) mass is 231 g/mol. The van der Waals surface area contributed by atoms with E-state index in [2.05, 4.69) is 20.9 Å². The average molecular weight is 232 g/mol. The number of aromatic nitrogens is 1. The lowest BCUT2D eigenvalue weighted by Crippen LogP contribution is -2.01. The second kappa shape index (κ2) is 4.06. The smallest absolute Gasteiger partial charge is 0.354 e. The Hall–Kier alpha value is -1.10. The van der Waals surface area contributed by atoms with Crippen LogP contribution in [0.3, 0.4) is 0 Å². The maximum atomic E-state index is 10.4. The van der Waals surface area contributed by atoms with Crippen molar-refractivity contribution in [3.8, 4) is 5.88 Å². The van der Waals surface area contributed by atoms with Crippen LogP contribution >= 0.6 is 15.9 Å². The topological polar surface area (TPSA) is 59.4 Å². The van der Waals surface area contributed by atoms with Crippen LogP contribution in [-0.4, -0.2) is 21.6 Å². The molecule has 0 atom stereocenters. The van der Waals surface area contributed by atoms with Gasteiger partial charge in [-0.25, -0.2) is 9.78 Å². The van der Waals surface area contributed by atoms with E-state index in [1.54, 1.807) is 12.1 Å². The van der Waals surface area contributed by atoms with Gasteiger partial charge < -0.3 is 9.84 Å². The number of hydrogen-bond acceptors (Lipinski definition) is 3. The molecule has 1 heterocycles. The van der Waals surface area contributed by atoms with Crippen molar-refractivity contribution in [1.82, 2.24) is 4.98 Å². The number of alkyl halides is 1. The lowest BCUT2D eigenvalue weighted by atomic mass is 10.3. The molecule has 0 radical (unpaired) electrons. The van der Waals surface area contributed by atoms with Crippen LogP contribution in [0.2, 0.25) is 0 Å². The SMILES string of the molecule is O=C(O)c1cccc(OCBr)n1. The van der Waals surface area contributed by atoms with Crippen LogP contribution in [0.5, 0.6) is 5.88 Å². The Morgan fingerprint density at radius 1 is 1.67 bits per heavy atom. The van der Waals surface area contributed by atoms with Gasteiger partial charge in [0.1, 0.15) is 5.52 Å². The molecule has 0 unspecified atom stereocenters. The van der Waals surface area contributed by atoms with Crippen LogP contribution < -0.4 is 4.74 Å². The molecule has 0 aliphatic rings. The van der Waals surface area contributed by atoms with Crippen LogP contribution in [-0.2, 0) is 0 Å². The highest BCUT2D eigenvalue weighted by Crippen LogP contribution is 2.07. The molecule has 0 bridgehead atoms. The van der Waals surface area contributed by atoms with E-state index in [1.165, 1.54) is 6.07 Å². The molecule has 1 aromatic heterocycles. The fourth-order valence-corrected chi connectivity index (χ4v) is 0.905. The fourth-order valence-electron chi connectivity index (χ4n) is 0.670. The molecule has 0 aliphatic carbocycles. The summed E-state index contributed by atoms with van der Waals surface area (Å²) in [6, 6.07) is 4.57. The summed E-state index contributed by atoms with van der Waals surface area (Å²) in [5.74, 6) is -0.762. The fraction of sp³-hybridized carbons (Fsp3) is 0.143. The van der Waals surface area contributed by atoms with Gasteiger partial charge >= 0.3 is 5.97 Å². The third kappa shape index (κ3) is 2.20. The first-order valence-electron chi connectivity index (χ1n) is 3.13. The number of pyridine rings is 1. The van der Waals surface area contributed by atoms with E-state index in [0.717, 1.165) is 0 Å². The number of aromatic carboxylic acids is 1. The average Bonchev–Trinajstić information content (AvgIpc) is 2.05. The first-order valence-corrected chi connectivity index (χ1v) is 4.25. The van der Waals surface area contributed by atoms with Gasteiger partial charge in [-0.3, -0.25) is 0 Å². The number of halogens is 1. The number of hydrogen-bond donors (Lipinski definition) is 1. The van der Waals surface area contributed by atoms with Crippen LogP contribution in [0.15, 0.2) is 18.2 Å². The number of carbonyl (C=O) groups is 1. The van der Waals surface area contributed by atoms with E-state index < -0.39 is 5.97 Å². The lowest BCUT2D eigenvalue weighted by molar-refractivity contribution is 0.0689. The van der Waals surface area contributed by atoms with Crippen molar-refractivity contribution >= 4 is 21.9 Å². The second-order valence-corrected chi connectivity index (χ2v) is 2.38. The number of carboxylic acids is 1. The molecular weight excluding hydrogens is 226 g/mol. The largest absolute Gasteiger partial charge is 0.477 e. The van der Waals surface area contributed by atoms with Gasteiger partial charge in [0, 0.05) is 6.07 Å². The molecule has 1 aromatic rings. The second-order valence-electron chi connectivity index (χ2n) is 1.92. The third-order valence-corrected chi connectivity index (χ3v) is 1.37. The van der Waals surface area contributed by atoms with Crippen molar-refractivity contribution < 1.29 is 14.6 Å². The van der Waals surface area contributed by atoms with Gasteiger partial charge in [0.2, 0.25) is 5.88 Å². The summed E-state index contributed by atoms with van der Waals surface area (Å²) in [5.41, 5.74) is 0.275. The quantitative estimate of drug-likeness (QED) is 0.802. The number of rotatable bonds is 3. The van der Waals surface area contributed by atoms with E-state index in [0.29, 0.717) is 11.4 Å². The van der Waals surface area contributed by atoms with E-state index in [9.17, 15) is 4.79 Å². The molecule has 12 heavy (non-hydrogen) atoms. The highest BCUT2D eigenvalue weighted by atomic mass is 79.9. The van der Waals surface area contributed by atoms with Crippen LogP contribution in [0.1, 0.15) is 10.5 Å². The molecule has 0 saturated heterocycles. The lowest BCUT2D eigenvalue weighted by Gasteiger charge is -2.00. The van der Waals surface area contributed by atoms with E-state index in [1.807, 2.05) is 0 Å². The standard InChI is InChI=1S/C7H6BrNO3/c8-4-12-6-3-1-2-5(9-6)7(10)11/h1-3H,4H2,(H,10,11). The first kappa shape index (κ1) is 8.99. The molecule has 4 nitrogen and oxygen atoms in total. The molecule has 64 valence electrons. The predicted octanol–water partition coefficient (Wildman–Crippen LogP) is 1.51. The third-order valence-electron chi connectivity index (χ3n) is 1.15. The van der Waals surface area contributed by atoms with Crippen molar-refractivity contribution in [2.24, 2.45) is 0 Å². The molecule has 1 N–H and O–H groups in total. The molecule has 0 amide bonds. The highest BCUT2D eigenvalue weighted by Gasteiger charge is 2.04. The minimum Gasteiger partial charge on any atom is -0.477 e. The summed E-state index contributed by atoms with van der Waals surface area (Å²) >= 11 is 3.04. The molecule has 5 heteroatoms. The molecular formula is C7H6BrNO3. The van der Waals surface area contributed by atoms with Gasteiger partial charge in [0.05, 0.1) is 0 Å². The van der Waals surface area contributed by atoms with Gasteiger partial charge in [-0.2, -0.15) is 0 Å². The van der Waals surface area contributed by atoms with Gasteiger partial charge in [0.15, 0.2) is 5.69 Å².